The summed E-state index contributed by atoms with van der Waals surface area (Å²) in [6.45, 7) is 3.71. The number of aromatic nitrogens is 2. The monoisotopic (exact) mass is 218 g/mol. The van der Waals surface area contributed by atoms with Crippen LogP contribution in [-0.2, 0) is 0 Å². The van der Waals surface area contributed by atoms with Crippen LogP contribution in [0.4, 0.5) is 0 Å². The third kappa shape index (κ3) is 1.78. The average molecular weight is 218 g/mol. The number of hydrogen-bond acceptors (Lipinski definition) is 3. The van der Waals surface area contributed by atoms with E-state index in [0.29, 0.717) is 5.82 Å². The Bertz CT molecular complexity index is 529. The fraction of sp³-hybridized carbons (Fsp3) is 0.333. The average Bonchev–Trinajstić information content (AvgIpc) is 2.69. The van der Waals surface area contributed by atoms with Gasteiger partial charge in [-0.25, -0.2) is 4.98 Å². The molecule has 0 amide bonds. The molecule has 0 fully saturated rings. The van der Waals surface area contributed by atoms with Gasteiger partial charge in [0, 0.05) is 12.0 Å². The molecule has 0 saturated carbocycles. The number of ether oxygens (including phenoxy) is 1. The van der Waals surface area contributed by atoms with Crippen molar-refractivity contribution in [3.8, 4) is 5.75 Å². The van der Waals surface area contributed by atoms with E-state index in [-0.39, 0.29) is 11.7 Å². The summed E-state index contributed by atoms with van der Waals surface area (Å²) in [4.78, 5) is 19.0. The predicted octanol–water partition coefficient (Wildman–Crippen LogP) is 2.41. The van der Waals surface area contributed by atoms with Crippen LogP contribution < -0.4 is 4.74 Å². The maximum Gasteiger partial charge on any atom is 0.200 e. The van der Waals surface area contributed by atoms with Gasteiger partial charge in [0.1, 0.15) is 5.75 Å². The third-order valence-electron chi connectivity index (χ3n) is 2.45. The first kappa shape index (κ1) is 10.7. The molecule has 0 aliphatic carbocycles. The normalized spacial score (nSPS) is 11.0. The number of nitrogens with zero attached hydrogens (tertiary/aromatic N) is 1. The highest BCUT2D eigenvalue weighted by Gasteiger charge is 2.14. The number of benzene rings is 1. The number of fused-ring (bicyclic) bond motifs is 1. The molecule has 0 aliphatic heterocycles. The Balaban J connectivity index is 2.47. The van der Waals surface area contributed by atoms with Gasteiger partial charge < -0.3 is 9.72 Å². The standard InChI is InChI=1S/C12H14N2O2/c1-7(2)11(15)12-13-9-5-4-8(16-3)6-10(9)14-12/h4-7H,1-3H3,(H,13,14). The Kier molecular flexibility index (Phi) is 2.64. The van der Waals surface area contributed by atoms with Gasteiger partial charge in [-0.3, -0.25) is 4.79 Å². The minimum absolute atomic E-state index is 0.0233. The van der Waals surface area contributed by atoms with Crippen LogP contribution in [0.3, 0.4) is 0 Å². The van der Waals surface area contributed by atoms with Crippen molar-refractivity contribution in [3.63, 3.8) is 0 Å². The Morgan fingerprint density at radius 3 is 2.81 bits per heavy atom. The summed E-state index contributed by atoms with van der Waals surface area (Å²) in [7, 11) is 1.61. The van der Waals surface area contributed by atoms with Crippen molar-refractivity contribution >= 4 is 16.8 Å². The molecule has 1 heterocycles. The number of H-pyrrole nitrogens is 1. The van der Waals surface area contributed by atoms with Gasteiger partial charge in [-0.15, -0.1) is 0 Å². The fourth-order valence-electron chi connectivity index (χ4n) is 1.51. The zero-order chi connectivity index (χ0) is 11.7. The van der Waals surface area contributed by atoms with Crippen molar-refractivity contribution in [2.24, 2.45) is 5.92 Å². The molecule has 0 saturated heterocycles. The molecule has 1 aromatic heterocycles. The molecule has 0 atom stereocenters. The maximum atomic E-state index is 11.7. The Morgan fingerprint density at radius 1 is 1.44 bits per heavy atom. The summed E-state index contributed by atoms with van der Waals surface area (Å²) in [5.74, 6) is 1.13. The molecule has 16 heavy (non-hydrogen) atoms. The number of methoxy groups -OCH3 is 1. The van der Waals surface area contributed by atoms with Gasteiger partial charge in [0.25, 0.3) is 0 Å². The summed E-state index contributed by atoms with van der Waals surface area (Å²) in [5.41, 5.74) is 1.60. The van der Waals surface area contributed by atoms with Gasteiger partial charge in [0.2, 0.25) is 5.78 Å². The van der Waals surface area contributed by atoms with Crippen LogP contribution in [0.1, 0.15) is 24.5 Å². The minimum atomic E-state index is -0.0533. The van der Waals surface area contributed by atoms with Gasteiger partial charge >= 0.3 is 0 Å². The van der Waals surface area contributed by atoms with Crippen molar-refractivity contribution in [3.05, 3.63) is 24.0 Å². The Labute approximate surface area is 93.6 Å². The van der Waals surface area contributed by atoms with Crippen molar-refractivity contribution in [2.45, 2.75) is 13.8 Å². The van der Waals surface area contributed by atoms with Gasteiger partial charge in [-0.1, -0.05) is 13.8 Å². The number of imidazole rings is 1. The van der Waals surface area contributed by atoms with Gasteiger partial charge in [-0.2, -0.15) is 0 Å². The lowest BCUT2D eigenvalue weighted by molar-refractivity contribution is 0.0930. The van der Waals surface area contributed by atoms with Crippen LogP contribution in [0.25, 0.3) is 11.0 Å². The Hall–Kier alpha value is -1.84. The van der Waals surface area contributed by atoms with Gasteiger partial charge in [0.05, 0.1) is 18.1 Å². The molecular weight excluding hydrogens is 204 g/mol. The van der Waals surface area contributed by atoms with E-state index in [9.17, 15) is 4.79 Å². The summed E-state index contributed by atoms with van der Waals surface area (Å²) < 4.78 is 5.11. The summed E-state index contributed by atoms with van der Waals surface area (Å²) in [6.07, 6.45) is 0. The molecule has 1 aromatic carbocycles. The lowest BCUT2D eigenvalue weighted by Gasteiger charge is -1.98. The van der Waals surface area contributed by atoms with Gasteiger partial charge in [0.15, 0.2) is 5.82 Å². The molecule has 0 aliphatic rings. The van der Waals surface area contributed by atoms with Crippen LogP contribution in [0.5, 0.6) is 5.75 Å². The predicted molar refractivity (Wildman–Crippen MR) is 61.8 cm³/mol. The van der Waals surface area contributed by atoms with E-state index in [1.54, 1.807) is 7.11 Å². The third-order valence-corrected chi connectivity index (χ3v) is 2.45. The first-order valence-electron chi connectivity index (χ1n) is 5.20. The number of aromatic amines is 1. The zero-order valence-electron chi connectivity index (χ0n) is 9.57. The second-order valence-electron chi connectivity index (χ2n) is 3.99. The number of ketones is 1. The molecule has 2 aromatic rings. The van der Waals surface area contributed by atoms with Crippen LogP contribution in [-0.4, -0.2) is 22.9 Å². The van der Waals surface area contributed by atoms with Crippen LogP contribution in [0, 0.1) is 5.92 Å². The molecule has 2 rings (SSSR count). The van der Waals surface area contributed by atoms with E-state index < -0.39 is 0 Å². The quantitative estimate of drug-likeness (QED) is 0.805. The summed E-state index contributed by atoms with van der Waals surface area (Å²) in [6, 6.07) is 5.49. The maximum absolute atomic E-state index is 11.7. The number of carbonyl (C=O) groups is 1. The van der Waals surface area contributed by atoms with E-state index in [0.717, 1.165) is 16.8 Å². The molecule has 4 nitrogen and oxygen atoms in total. The second kappa shape index (κ2) is 3.96. The van der Waals surface area contributed by atoms with Crippen molar-refractivity contribution in [1.82, 2.24) is 9.97 Å². The minimum Gasteiger partial charge on any atom is -0.497 e. The van der Waals surface area contributed by atoms with Crippen LogP contribution in [0.2, 0.25) is 0 Å². The molecule has 4 heteroatoms. The first-order valence-corrected chi connectivity index (χ1v) is 5.20. The summed E-state index contributed by atoms with van der Waals surface area (Å²) in [5, 5.41) is 0. The first-order chi connectivity index (χ1) is 7.61. The van der Waals surface area contributed by atoms with E-state index in [2.05, 4.69) is 9.97 Å². The topological polar surface area (TPSA) is 55.0 Å². The molecule has 0 radical (unpaired) electrons. The number of rotatable bonds is 3. The summed E-state index contributed by atoms with van der Waals surface area (Å²) >= 11 is 0. The molecule has 0 bridgehead atoms. The smallest absolute Gasteiger partial charge is 0.200 e. The number of carbonyl (C=O) groups excluding carboxylic acids is 1. The SMILES string of the molecule is COc1ccc2nc(C(=O)C(C)C)[nH]c2c1. The number of nitrogens with one attached hydrogen (secondary N) is 1. The van der Waals surface area contributed by atoms with Crippen molar-refractivity contribution in [2.75, 3.05) is 7.11 Å². The van der Waals surface area contributed by atoms with Crippen LogP contribution in [0.15, 0.2) is 18.2 Å². The van der Waals surface area contributed by atoms with E-state index in [4.69, 9.17) is 4.74 Å². The lowest BCUT2D eigenvalue weighted by atomic mass is 10.1. The second-order valence-corrected chi connectivity index (χ2v) is 3.99. The highest BCUT2D eigenvalue weighted by Crippen LogP contribution is 2.19. The van der Waals surface area contributed by atoms with Crippen LogP contribution >= 0.6 is 0 Å². The zero-order valence-corrected chi connectivity index (χ0v) is 9.57. The van der Waals surface area contributed by atoms with Crippen molar-refractivity contribution < 1.29 is 9.53 Å². The number of Topliss-reactive ketones (excluding diaryl/α,β-unsaturated/α-hetero) is 1. The van der Waals surface area contributed by atoms with Crippen molar-refractivity contribution in [1.29, 1.82) is 0 Å². The fourth-order valence-corrected chi connectivity index (χ4v) is 1.51. The number of hydrogen-bond donors (Lipinski definition) is 1. The molecule has 84 valence electrons. The highest BCUT2D eigenvalue weighted by atomic mass is 16.5. The highest BCUT2D eigenvalue weighted by molar-refractivity contribution is 5.97. The van der Waals surface area contributed by atoms with E-state index >= 15 is 0 Å². The van der Waals surface area contributed by atoms with E-state index in [1.165, 1.54) is 0 Å². The Morgan fingerprint density at radius 2 is 2.19 bits per heavy atom. The molecule has 0 unspecified atom stereocenters. The largest absolute Gasteiger partial charge is 0.497 e. The lowest BCUT2D eigenvalue weighted by Crippen LogP contribution is -2.09. The molecular formula is C12H14N2O2. The molecule has 1 N–H and O–H groups in total. The van der Waals surface area contributed by atoms with Gasteiger partial charge in [-0.05, 0) is 12.1 Å². The van der Waals surface area contributed by atoms with E-state index in [1.807, 2.05) is 32.0 Å². The molecule has 0 spiro atoms.